The van der Waals surface area contributed by atoms with E-state index in [0.717, 1.165) is 5.56 Å². The molecule has 1 amide bonds. The van der Waals surface area contributed by atoms with E-state index < -0.39 is 0 Å². The maximum absolute atomic E-state index is 12.8. The topological polar surface area (TPSA) is 77.2 Å². The molecule has 29 heavy (non-hydrogen) atoms. The Kier molecular flexibility index (Phi) is 5.27. The smallest absolute Gasteiger partial charge is 0.259 e. The summed E-state index contributed by atoms with van der Waals surface area (Å²) >= 11 is 5.89. The van der Waals surface area contributed by atoms with E-state index in [1.807, 2.05) is 30.3 Å². The Morgan fingerprint density at radius 2 is 1.83 bits per heavy atom. The Labute approximate surface area is 172 Å². The largest absolute Gasteiger partial charge is 0.497 e. The fraction of sp³-hybridized carbons (Fsp3) is 0.0455. The van der Waals surface area contributed by atoms with Crippen molar-refractivity contribution in [1.82, 2.24) is 10.1 Å². The van der Waals surface area contributed by atoms with E-state index in [2.05, 4.69) is 15.5 Å². The van der Waals surface area contributed by atoms with Crippen LogP contribution in [0.1, 0.15) is 10.4 Å². The second-order valence-corrected chi connectivity index (χ2v) is 6.60. The molecule has 1 heterocycles. The molecule has 0 bridgehead atoms. The molecule has 0 unspecified atom stereocenters. The molecular weight excluding hydrogens is 390 g/mol. The van der Waals surface area contributed by atoms with Gasteiger partial charge in [0.25, 0.3) is 11.8 Å². The van der Waals surface area contributed by atoms with E-state index in [1.54, 1.807) is 49.6 Å². The Balaban J connectivity index is 1.64. The third-order valence-electron chi connectivity index (χ3n) is 4.26. The fourth-order valence-electron chi connectivity index (χ4n) is 2.81. The van der Waals surface area contributed by atoms with Crippen molar-refractivity contribution in [3.05, 3.63) is 83.4 Å². The van der Waals surface area contributed by atoms with Crippen molar-refractivity contribution >= 4 is 23.2 Å². The van der Waals surface area contributed by atoms with Crippen molar-refractivity contribution in [3.63, 3.8) is 0 Å². The van der Waals surface area contributed by atoms with Crippen LogP contribution in [0.2, 0.25) is 5.02 Å². The van der Waals surface area contributed by atoms with Gasteiger partial charge >= 0.3 is 0 Å². The van der Waals surface area contributed by atoms with Crippen molar-refractivity contribution in [2.75, 3.05) is 12.4 Å². The van der Waals surface area contributed by atoms with E-state index in [4.69, 9.17) is 20.9 Å². The first-order valence-corrected chi connectivity index (χ1v) is 9.16. The molecule has 0 fully saturated rings. The minimum absolute atomic E-state index is 0.254. The van der Waals surface area contributed by atoms with Crippen molar-refractivity contribution < 1.29 is 14.1 Å². The first-order chi connectivity index (χ1) is 14.1. The summed E-state index contributed by atoms with van der Waals surface area (Å²) in [7, 11) is 1.59. The average Bonchev–Trinajstić information content (AvgIpc) is 3.25. The van der Waals surface area contributed by atoms with Crippen LogP contribution in [0.15, 0.2) is 77.3 Å². The van der Waals surface area contributed by atoms with Gasteiger partial charge in [-0.1, -0.05) is 41.0 Å². The highest BCUT2D eigenvalue weighted by Gasteiger charge is 2.18. The van der Waals surface area contributed by atoms with Gasteiger partial charge in [-0.05, 0) is 48.5 Å². The van der Waals surface area contributed by atoms with Crippen LogP contribution in [-0.4, -0.2) is 23.2 Å². The summed E-state index contributed by atoms with van der Waals surface area (Å²) in [5, 5.41) is 7.49. The van der Waals surface area contributed by atoms with Gasteiger partial charge in [-0.25, -0.2) is 0 Å². The zero-order valence-electron chi connectivity index (χ0n) is 15.4. The maximum atomic E-state index is 12.8. The lowest BCUT2D eigenvalue weighted by Crippen LogP contribution is -2.13. The number of amides is 1. The van der Waals surface area contributed by atoms with Crippen LogP contribution in [0.3, 0.4) is 0 Å². The van der Waals surface area contributed by atoms with E-state index in [-0.39, 0.29) is 11.8 Å². The summed E-state index contributed by atoms with van der Waals surface area (Å²) in [6.07, 6.45) is 0. The van der Waals surface area contributed by atoms with Crippen molar-refractivity contribution in [2.45, 2.75) is 0 Å². The van der Waals surface area contributed by atoms with Crippen LogP contribution in [0.5, 0.6) is 5.75 Å². The number of benzene rings is 3. The second-order valence-electron chi connectivity index (χ2n) is 6.16. The highest BCUT2D eigenvalue weighted by atomic mass is 35.5. The third-order valence-corrected chi connectivity index (χ3v) is 4.51. The predicted molar refractivity (Wildman–Crippen MR) is 111 cm³/mol. The number of ether oxygens (including phenoxy) is 1. The van der Waals surface area contributed by atoms with E-state index in [9.17, 15) is 4.79 Å². The lowest BCUT2D eigenvalue weighted by Gasteiger charge is -2.08. The first-order valence-electron chi connectivity index (χ1n) is 8.78. The number of hydrogen-bond acceptors (Lipinski definition) is 5. The number of halogens is 1. The van der Waals surface area contributed by atoms with Crippen LogP contribution in [-0.2, 0) is 0 Å². The number of carbonyl (C=O) groups is 1. The maximum Gasteiger partial charge on any atom is 0.259 e. The molecule has 1 N–H and O–H groups in total. The van der Waals surface area contributed by atoms with Crippen molar-refractivity contribution in [1.29, 1.82) is 0 Å². The van der Waals surface area contributed by atoms with E-state index in [0.29, 0.717) is 33.4 Å². The summed E-state index contributed by atoms with van der Waals surface area (Å²) < 4.78 is 10.7. The quantitative estimate of drug-likeness (QED) is 0.486. The molecule has 0 spiro atoms. The molecule has 3 aromatic carbocycles. The number of methoxy groups -OCH3 is 1. The molecule has 144 valence electrons. The number of carbonyl (C=O) groups excluding carboxylic acids is 1. The van der Waals surface area contributed by atoms with Crippen LogP contribution < -0.4 is 10.1 Å². The zero-order valence-corrected chi connectivity index (χ0v) is 16.2. The Bertz CT molecular complexity index is 1160. The van der Waals surface area contributed by atoms with Crippen LogP contribution in [0.25, 0.3) is 22.8 Å². The second kappa shape index (κ2) is 8.16. The molecule has 4 rings (SSSR count). The summed E-state index contributed by atoms with van der Waals surface area (Å²) in [6.45, 7) is 0. The molecule has 0 saturated heterocycles. The van der Waals surface area contributed by atoms with Gasteiger partial charge in [0.05, 0.1) is 18.2 Å². The molecule has 0 radical (unpaired) electrons. The molecule has 4 aromatic rings. The van der Waals surface area contributed by atoms with E-state index in [1.165, 1.54) is 0 Å². The minimum Gasteiger partial charge on any atom is -0.497 e. The standard InChI is InChI=1S/C22H16ClN3O3/c1-28-17-6-4-5-14(13-17)20-25-22(29-26-20)19-8-3-2-7-18(19)21(27)24-16-11-9-15(23)10-12-16/h2-13H,1H3,(H,24,27). The molecular formula is C22H16ClN3O3. The number of rotatable bonds is 5. The number of aromatic nitrogens is 2. The molecule has 7 heteroatoms. The van der Waals surface area contributed by atoms with E-state index >= 15 is 0 Å². The third kappa shape index (κ3) is 4.12. The van der Waals surface area contributed by atoms with Gasteiger partial charge in [-0.3, -0.25) is 4.79 Å². The van der Waals surface area contributed by atoms with Gasteiger partial charge in [-0.15, -0.1) is 0 Å². The van der Waals surface area contributed by atoms with Gasteiger partial charge in [0, 0.05) is 16.3 Å². The summed E-state index contributed by atoms with van der Waals surface area (Å²) in [6, 6.07) is 21.3. The van der Waals surface area contributed by atoms with Crippen LogP contribution in [0.4, 0.5) is 5.69 Å². The highest BCUT2D eigenvalue weighted by molar-refractivity contribution is 6.30. The monoisotopic (exact) mass is 405 g/mol. The normalized spacial score (nSPS) is 10.6. The minimum atomic E-state index is -0.288. The molecule has 0 atom stereocenters. The Hall–Kier alpha value is -3.64. The molecule has 0 aliphatic carbocycles. The number of nitrogens with one attached hydrogen (secondary N) is 1. The number of hydrogen-bond donors (Lipinski definition) is 1. The van der Waals surface area contributed by atoms with Crippen LogP contribution in [0, 0.1) is 0 Å². The fourth-order valence-corrected chi connectivity index (χ4v) is 2.94. The summed E-state index contributed by atoms with van der Waals surface area (Å²) in [4.78, 5) is 17.3. The van der Waals surface area contributed by atoms with Gasteiger partial charge < -0.3 is 14.6 Å². The number of nitrogens with zero attached hydrogens (tertiary/aromatic N) is 2. The zero-order chi connectivity index (χ0) is 20.2. The first kappa shape index (κ1) is 18.7. The van der Waals surface area contributed by atoms with Gasteiger partial charge in [0.2, 0.25) is 5.82 Å². The summed E-state index contributed by atoms with van der Waals surface area (Å²) in [5.74, 6) is 1.07. The molecule has 0 aliphatic heterocycles. The van der Waals surface area contributed by atoms with Crippen LogP contribution >= 0.6 is 11.6 Å². The van der Waals surface area contributed by atoms with Gasteiger partial charge in [0.1, 0.15) is 5.75 Å². The highest BCUT2D eigenvalue weighted by Crippen LogP contribution is 2.27. The Morgan fingerprint density at radius 1 is 1.03 bits per heavy atom. The Morgan fingerprint density at radius 3 is 2.62 bits per heavy atom. The van der Waals surface area contributed by atoms with Crippen molar-refractivity contribution in [2.24, 2.45) is 0 Å². The molecule has 0 saturated carbocycles. The lowest BCUT2D eigenvalue weighted by molar-refractivity contribution is 0.102. The average molecular weight is 406 g/mol. The van der Waals surface area contributed by atoms with Gasteiger partial charge in [0.15, 0.2) is 0 Å². The summed E-state index contributed by atoms with van der Waals surface area (Å²) in [5.41, 5.74) is 2.35. The van der Waals surface area contributed by atoms with Crippen molar-refractivity contribution in [3.8, 4) is 28.6 Å². The lowest BCUT2D eigenvalue weighted by atomic mass is 10.1. The predicted octanol–water partition coefficient (Wildman–Crippen LogP) is 5.32. The SMILES string of the molecule is COc1cccc(-c2noc(-c3ccccc3C(=O)Nc3ccc(Cl)cc3)n2)c1. The molecule has 6 nitrogen and oxygen atoms in total. The number of anilines is 1. The van der Waals surface area contributed by atoms with Gasteiger partial charge in [-0.2, -0.15) is 4.98 Å². The molecule has 1 aromatic heterocycles. The molecule has 0 aliphatic rings.